The number of guanidine groups is 1. The highest BCUT2D eigenvalue weighted by Crippen LogP contribution is 2.20. The zero-order chi connectivity index (χ0) is 19.3. The zero-order valence-electron chi connectivity index (χ0n) is 18.2. The molecular weight excluding hydrogens is 451 g/mol. The molecule has 2 unspecified atom stereocenters. The first kappa shape index (κ1) is 24.2. The van der Waals surface area contributed by atoms with Crippen LogP contribution in [0.5, 0.6) is 0 Å². The highest BCUT2D eigenvalue weighted by Gasteiger charge is 2.23. The third-order valence-electron chi connectivity index (χ3n) is 5.44. The first-order valence-corrected chi connectivity index (χ1v) is 10.0. The lowest BCUT2D eigenvalue weighted by molar-refractivity contribution is 0.115. The van der Waals surface area contributed by atoms with Crippen LogP contribution in [0.3, 0.4) is 0 Å². The lowest BCUT2D eigenvalue weighted by Gasteiger charge is -2.38. The molecule has 27 heavy (non-hydrogen) atoms. The number of hydrogen-bond acceptors (Lipinski definition) is 3. The molecule has 2 heterocycles. The average molecular weight is 490 g/mol. The van der Waals surface area contributed by atoms with Crippen LogP contribution in [0, 0.1) is 0 Å². The molecule has 0 spiro atoms. The van der Waals surface area contributed by atoms with Crippen LogP contribution < -0.4 is 5.32 Å². The van der Waals surface area contributed by atoms with E-state index >= 15 is 0 Å². The van der Waals surface area contributed by atoms with Crippen LogP contribution >= 0.6 is 24.0 Å². The number of likely N-dealkylation sites (tertiary alicyclic amines) is 1. The summed E-state index contributed by atoms with van der Waals surface area (Å²) in [6.45, 7) is 12.0. The van der Waals surface area contributed by atoms with E-state index in [2.05, 4.69) is 66.1 Å². The van der Waals surface area contributed by atoms with Crippen LogP contribution in [-0.2, 0) is 13.6 Å². The van der Waals surface area contributed by atoms with Gasteiger partial charge >= 0.3 is 0 Å². The SMILES string of the molecule is CN=C(NCC(C)N1CCCCC1C)N(C)Cc1cn(C)nc1C(C)C.I. The van der Waals surface area contributed by atoms with E-state index in [1.165, 1.54) is 37.1 Å². The Hall–Kier alpha value is -0.830. The first-order valence-electron chi connectivity index (χ1n) is 10.0. The summed E-state index contributed by atoms with van der Waals surface area (Å²) < 4.78 is 1.91. The van der Waals surface area contributed by atoms with Gasteiger partial charge in [0.1, 0.15) is 0 Å². The zero-order valence-corrected chi connectivity index (χ0v) is 20.5. The number of nitrogens with zero attached hydrogens (tertiary/aromatic N) is 5. The van der Waals surface area contributed by atoms with Crippen LogP contribution in [0.4, 0.5) is 0 Å². The van der Waals surface area contributed by atoms with Crippen LogP contribution in [0.1, 0.15) is 64.1 Å². The summed E-state index contributed by atoms with van der Waals surface area (Å²) in [5.74, 6) is 1.37. The van der Waals surface area contributed by atoms with Crippen molar-refractivity contribution in [3.05, 3.63) is 17.5 Å². The number of piperidine rings is 1. The van der Waals surface area contributed by atoms with Gasteiger partial charge in [-0.15, -0.1) is 24.0 Å². The lowest BCUT2D eigenvalue weighted by Crippen LogP contribution is -2.50. The van der Waals surface area contributed by atoms with Crippen molar-refractivity contribution in [3.8, 4) is 0 Å². The Kier molecular flexibility index (Phi) is 10.1. The number of hydrogen-bond donors (Lipinski definition) is 1. The highest BCUT2D eigenvalue weighted by molar-refractivity contribution is 14.0. The Balaban J connectivity index is 0.00000364. The smallest absolute Gasteiger partial charge is 0.193 e. The van der Waals surface area contributed by atoms with Crippen LogP contribution in [-0.4, -0.2) is 64.8 Å². The molecule has 1 N–H and O–H groups in total. The summed E-state index contributed by atoms with van der Waals surface area (Å²) in [5, 5.41) is 8.18. The van der Waals surface area contributed by atoms with Gasteiger partial charge in [0.25, 0.3) is 0 Å². The Morgan fingerprint density at radius 1 is 1.37 bits per heavy atom. The molecule has 1 aromatic rings. The van der Waals surface area contributed by atoms with E-state index < -0.39 is 0 Å². The van der Waals surface area contributed by atoms with Crippen molar-refractivity contribution in [2.75, 3.05) is 27.2 Å². The minimum atomic E-state index is 0. The van der Waals surface area contributed by atoms with Crippen LogP contribution in [0.2, 0.25) is 0 Å². The number of halogens is 1. The summed E-state index contributed by atoms with van der Waals surface area (Å²) in [6, 6.07) is 1.20. The summed E-state index contributed by atoms with van der Waals surface area (Å²) in [5.41, 5.74) is 2.44. The lowest BCUT2D eigenvalue weighted by atomic mass is 10.0. The van der Waals surface area contributed by atoms with Gasteiger partial charge in [0.15, 0.2) is 5.96 Å². The molecule has 2 rings (SSSR count). The van der Waals surface area contributed by atoms with Crippen molar-refractivity contribution in [1.82, 2.24) is 24.9 Å². The predicted octanol–water partition coefficient (Wildman–Crippen LogP) is 3.43. The fraction of sp³-hybridized carbons (Fsp3) is 0.800. The van der Waals surface area contributed by atoms with Gasteiger partial charge in [0, 0.05) is 58.1 Å². The third-order valence-corrected chi connectivity index (χ3v) is 5.44. The predicted molar refractivity (Wildman–Crippen MR) is 125 cm³/mol. The average Bonchev–Trinajstić information content (AvgIpc) is 2.96. The van der Waals surface area contributed by atoms with Crippen LogP contribution in [0.15, 0.2) is 11.2 Å². The molecule has 0 aromatic carbocycles. The molecule has 0 amide bonds. The molecule has 1 aliphatic heterocycles. The first-order chi connectivity index (χ1) is 12.3. The number of aromatic nitrogens is 2. The van der Waals surface area contributed by atoms with E-state index in [1.54, 1.807) is 0 Å². The molecule has 1 saturated heterocycles. The molecule has 156 valence electrons. The van der Waals surface area contributed by atoms with Gasteiger partial charge in [-0.2, -0.15) is 5.10 Å². The van der Waals surface area contributed by atoms with Gasteiger partial charge in [0.05, 0.1) is 5.69 Å². The molecule has 0 aliphatic carbocycles. The maximum atomic E-state index is 4.62. The minimum absolute atomic E-state index is 0. The van der Waals surface area contributed by atoms with E-state index in [-0.39, 0.29) is 24.0 Å². The quantitative estimate of drug-likeness (QED) is 0.377. The standard InChI is InChI=1S/C20H38N6.HI/c1-15(2)19-18(14-25(7)23-19)13-24(6)20(21-5)22-12-17(4)26-11-9-8-10-16(26)3;/h14-17H,8-13H2,1-7H3,(H,21,22);1H. The van der Waals surface area contributed by atoms with E-state index in [1.807, 2.05) is 18.8 Å². The van der Waals surface area contributed by atoms with Crippen molar-refractivity contribution in [2.45, 2.75) is 71.5 Å². The number of aliphatic imine (C=N–C) groups is 1. The maximum absolute atomic E-state index is 4.62. The van der Waals surface area contributed by atoms with E-state index in [0.717, 1.165) is 19.0 Å². The van der Waals surface area contributed by atoms with Gasteiger partial charge in [-0.1, -0.05) is 20.3 Å². The molecule has 1 aromatic heterocycles. The fourth-order valence-electron chi connectivity index (χ4n) is 4.01. The van der Waals surface area contributed by atoms with Gasteiger partial charge in [0.2, 0.25) is 0 Å². The molecule has 0 bridgehead atoms. The Labute approximate surface area is 182 Å². The largest absolute Gasteiger partial charge is 0.355 e. The van der Waals surface area contributed by atoms with E-state index in [0.29, 0.717) is 18.0 Å². The van der Waals surface area contributed by atoms with Crippen molar-refractivity contribution in [3.63, 3.8) is 0 Å². The topological polar surface area (TPSA) is 48.7 Å². The highest BCUT2D eigenvalue weighted by atomic mass is 127. The molecular formula is C20H39IN6. The van der Waals surface area contributed by atoms with E-state index in [9.17, 15) is 0 Å². The minimum Gasteiger partial charge on any atom is -0.355 e. The molecule has 1 fully saturated rings. The summed E-state index contributed by atoms with van der Waals surface area (Å²) in [7, 11) is 5.95. The Morgan fingerprint density at radius 3 is 2.67 bits per heavy atom. The fourth-order valence-corrected chi connectivity index (χ4v) is 4.01. The summed E-state index contributed by atoms with van der Waals surface area (Å²) in [6.07, 6.45) is 6.13. The second-order valence-corrected chi connectivity index (χ2v) is 8.08. The molecule has 0 radical (unpaired) electrons. The normalized spacial score (nSPS) is 19.7. The monoisotopic (exact) mass is 490 g/mol. The van der Waals surface area contributed by atoms with Crippen LogP contribution in [0.25, 0.3) is 0 Å². The second-order valence-electron chi connectivity index (χ2n) is 8.08. The summed E-state index contributed by atoms with van der Waals surface area (Å²) in [4.78, 5) is 9.30. The van der Waals surface area contributed by atoms with Gasteiger partial charge in [-0.05, 0) is 39.2 Å². The van der Waals surface area contributed by atoms with E-state index in [4.69, 9.17) is 0 Å². The Morgan fingerprint density at radius 2 is 2.07 bits per heavy atom. The molecule has 1 aliphatic rings. The third kappa shape index (κ3) is 6.62. The van der Waals surface area contributed by atoms with Gasteiger partial charge < -0.3 is 10.2 Å². The number of nitrogens with one attached hydrogen (secondary N) is 1. The second kappa shape index (κ2) is 11.2. The molecule has 0 saturated carbocycles. The number of aryl methyl sites for hydroxylation is 1. The van der Waals surface area contributed by atoms with Gasteiger partial charge in [-0.3, -0.25) is 14.6 Å². The number of rotatable bonds is 6. The van der Waals surface area contributed by atoms with Crippen molar-refractivity contribution >= 4 is 29.9 Å². The maximum Gasteiger partial charge on any atom is 0.193 e. The Bertz CT molecular complexity index is 597. The molecule has 7 heteroatoms. The van der Waals surface area contributed by atoms with Gasteiger partial charge in [-0.25, -0.2) is 0 Å². The summed E-state index contributed by atoms with van der Waals surface area (Å²) >= 11 is 0. The molecule has 2 atom stereocenters. The van der Waals surface area contributed by atoms with Crippen molar-refractivity contribution in [1.29, 1.82) is 0 Å². The molecule has 6 nitrogen and oxygen atoms in total. The van der Waals surface area contributed by atoms with Crippen molar-refractivity contribution < 1.29 is 0 Å². The van der Waals surface area contributed by atoms with Crippen molar-refractivity contribution in [2.24, 2.45) is 12.0 Å².